The zero-order chi connectivity index (χ0) is 15.7. The summed E-state index contributed by atoms with van der Waals surface area (Å²) in [7, 11) is 0. The molecule has 2 nitrogen and oxygen atoms in total. The van der Waals surface area contributed by atoms with Crippen LogP contribution in [0.25, 0.3) is 0 Å². The van der Waals surface area contributed by atoms with Gasteiger partial charge in [-0.15, -0.1) is 13.2 Å². The van der Waals surface area contributed by atoms with E-state index < -0.39 is 22.4 Å². The zero-order valence-electron chi connectivity index (χ0n) is 11.0. The van der Waals surface area contributed by atoms with Crippen LogP contribution < -0.4 is 4.74 Å². The zero-order valence-corrected chi connectivity index (χ0v) is 13.4. The Hall–Kier alpha value is -0.750. The number of rotatable bonds is 4. The van der Waals surface area contributed by atoms with Crippen molar-refractivity contribution in [3.05, 3.63) is 28.8 Å². The molecule has 7 heteroatoms. The third-order valence-corrected chi connectivity index (χ3v) is 5.00. The SMILES string of the molecule is CC(=O)C(C)(C)C(Br)c1ccc(Cl)c(OC(F)(F)F)c1. The average molecular weight is 374 g/mol. The minimum atomic E-state index is -4.82. The lowest BCUT2D eigenvalue weighted by Gasteiger charge is -2.28. The van der Waals surface area contributed by atoms with Gasteiger partial charge in [0.25, 0.3) is 0 Å². The fourth-order valence-electron chi connectivity index (χ4n) is 1.48. The van der Waals surface area contributed by atoms with Crippen molar-refractivity contribution >= 4 is 33.3 Å². The molecule has 1 atom stereocenters. The fourth-order valence-corrected chi connectivity index (χ4v) is 2.24. The molecule has 0 heterocycles. The molecule has 0 bridgehead atoms. The minimum Gasteiger partial charge on any atom is -0.404 e. The fraction of sp³-hybridized carbons (Fsp3) is 0.462. The Labute approximate surface area is 128 Å². The van der Waals surface area contributed by atoms with Gasteiger partial charge in [0.15, 0.2) is 0 Å². The molecule has 0 fully saturated rings. The normalized spacial score (nSPS) is 14.0. The summed E-state index contributed by atoms with van der Waals surface area (Å²) >= 11 is 9.02. The summed E-state index contributed by atoms with van der Waals surface area (Å²) in [6.07, 6.45) is -4.82. The van der Waals surface area contributed by atoms with Gasteiger partial charge in [-0.25, -0.2) is 0 Å². The van der Waals surface area contributed by atoms with Gasteiger partial charge < -0.3 is 4.74 Å². The summed E-state index contributed by atoms with van der Waals surface area (Å²) < 4.78 is 40.7. The summed E-state index contributed by atoms with van der Waals surface area (Å²) in [6.45, 7) is 4.83. The molecule has 0 aliphatic carbocycles. The third kappa shape index (κ3) is 4.12. The maximum atomic E-state index is 12.3. The van der Waals surface area contributed by atoms with Crippen LogP contribution >= 0.6 is 27.5 Å². The number of hydrogen-bond donors (Lipinski definition) is 0. The number of alkyl halides is 4. The average Bonchev–Trinajstić information content (AvgIpc) is 2.29. The highest BCUT2D eigenvalue weighted by Crippen LogP contribution is 2.43. The third-order valence-electron chi connectivity index (χ3n) is 3.01. The molecule has 0 aliphatic rings. The number of carbonyl (C=O) groups excluding carboxylic acids is 1. The molecular weight excluding hydrogens is 360 g/mol. The van der Waals surface area contributed by atoms with Crippen molar-refractivity contribution in [3.8, 4) is 5.75 Å². The first kappa shape index (κ1) is 17.3. The molecule has 0 saturated heterocycles. The Balaban J connectivity index is 3.16. The predicted molar refractivity (Wildman–Crippen MR) is 74.3 cm³/mol. The van der Waals surface area contributed by atoms with Gasteiger partial charge in [0.05, 0.1) is 9.85 Å². The van der Waals surface area contributed by atoms with Crippen molar-refractivity contribution in [2.45, 2.75) is 32.0 Å². The highest BCUT2D eigenvalue weighted by atomic mass is 79.9. The van der Waals surface area contributed by atoms with Crippen molar-refractivity contribution in [2.75, 3.05) is 0 Å². The van der Waals surface area contributed by atoms with Crippen molar-refractivity contribution in [1.29, 1.82) is 0 Å². The van der Waals surface area contributed by atoms with E-state index in [1.807, 2.05) is 0 Å². The van der Waals surface area contributed by atoms with Gasteiger partial charge in [0, 0.05) is 5.41 Å². The van der Waals surface area contributed by atoms with E-state index >= 15 is 0 Å². The molecule has 1 rings (SSSR count). The highest BCUT2D eigenvalue weighted by molar-refractivity contribution is 9.09. The van der Waals surface area contributed by atoms with Gasteiger partial charge in [0.2, 0.25) is 0 Å². The van der Waals surface area contributed by atoms with Crippen LogP contribution in [0.5, 0.6) is 5.75 Å². The number of ketones is 1. The van der Waals surface area contributed by atoms with Gasteiger partial charge in [-0.3, -0.25) is 4.79 Å². The molecule has 1 unspecified atom stereocenters. The molecule has 0 spiro atoms. The lowest BCUT2D eigenvalue weighted by atomic mass is 9.82. The van der Waals surface area contributed by atoms with Gasteiger partial charge in [-0.2, -0.15) is 0 Å². The molecule has 112 valence electrons. The number of carbonyl (C=O) groups is 1. The number of hydrogen-bond acceptors (Lipinski definition) is 2. The van der Waals surface area contributed by atoms with E-state index in [1.165, 1.54) is 19.1 Å². The second-order valence-electron chi connectivity index (χ2n) is 4.88. The maximum absolute atomic E-state index is 12.3. The quantitative estimate of drug-likeness (QED) is 0.670. The predicted octanol–water partition coefficient (Wildman–Crippen LogP) is 5.29. The molecule has 0 N–H and O–H groups in total. The smallest absolute Gasteiger partial charge is 0.404 e. The topological polar surface area (TPSA) is 26.3 Å². The summed E-state index contributed by atoms with van der Waals surface area (Å²) in [6, 6.07) is 4.04. The molecular formula is C13H13BrClF3O2. The van der Waals surface area contributed by atoms with E-state index in [9.17, 15) is 18.0 Å². The van der Waals surface area contributed by atoms with Crippen LogP contribution in [0.3, 0.4) is 0 Å². The van der Waals surface area contributed by atoms with Crippen molar-refractivity contribution in [1.82, 2.24) is 0 Å². The van der Waals surface area contributed by atoms with E-state index in [-0.39, 0.29) is 10.8 Å². The molecule has 0 aliphatic heterocycles. The number of benzene rings is 1. The Kier molecular flexibility index (Phi) is 5.13. The van der Waals surface area contributed by atoms with E-state index in [0.29, 0.717) is 5.56 Å². The van der Waals surface area contributed by atoms with Gasteiger partial charge in [-0.1, -0.05) is 47.4 Å². The molecule has 0 amide bonds. The minimum absolute atomic E-state index is 0.0902. The molecule has 0 aromatic heterocycles. The van der Waals surface area contributed by atoms with Gasteiger partial charge in [0.1, 0.15) is 11.5 Å². The standard InChI is InChI=1S/C13H13BrClF3O2/c1-7(19)12(2,3)11(14)8-4-5-9(15)10(6-8)20-13(16,17)18/h4-6,11H,1-3H3. The summed E-state index contributed by atoms with van der Waals surface area (Å²) in [5.74, 6) is -0.576. The van der Waals surface area contributed by atoms with Crippen LogP contribution in [-0.4, -0.2) is 12.1 Å². The lowest BCUT2D eigenvalue weighted by molar-refractivity contribution is -0.274. The summed E-state index contributed by atoms with van der Waals surface area (Å²) in [5.41, 5.74) is -0.294. The van der Waals surface area contributed by atoms with Crippen LogP contribution in [-0.2, 0) is 4.79 Å². The molecule has 0 saturated carbocycles. The van der Waals surface area contributed by atoms with Crippen LogP contribution in [0.2, 0.25) is 5.02 Å². The second-order valence-corrected chi connectivity index (χ2v) is 6.20. The van der Waals surface area contributed by atoms with E-state index in [4.69, 9.17) is 11.6 Å². The number of Topliss-reactive ketones (excluding diaryl/α,β-unsaturated/α-hetero) is 1. The number of ether oxygens (including phenoxy) is 1. The first-order valence-corrected chi connectivity index (χ1v) is 6.95. The first-order valence-electron chi connectivity index (χ1n) is 5.65. The van der Waals surface area contributed by atoms with E-state index in [2.05, 4.69) is 20.7 Å². The summed E-state index contributed by atoms with van der Waals surface area (Å²) in [5, 5.41) is -0.147. The first-order chi connectivity index (χ1) is 8.95. The molecule has 0 radical (unpaired) electrons. The monoisotopic (exact) mass is 372 g/mol. The van der Waals surface area contributed by atoms with E-state index in [0.717, 1.165) is 0 Å². The molecule has 20 heavy (non-hydrogen) atoms. The van der Waals surface area contributed by atoms with Crippen molar-refractivity contribution < 1.29 is 22.7 Å². The summed E-state index contributed by atoms with van der Waals surface area (Å²) in [4.78, 5) is 11.1. The molecule has 1 aromatic rings. The van der Waals surface area contributed by atoms with Gasteiger partial charge >= 0.3 is 6.36 Å². The van der Waals surface area contributed by atoms with Gasteiger partial charge in [-0.05, 0) is 24.6 Å². The van der Waals surface area contributed by atoms with Crippen LogP contribution in [0.15, 0.2) is 18.2 Å². The lowest BCUT2D eigenvalue weighted by Crippen LogP contribution is -2.26. The maximum Gasteiger partial charge on any atom is 0.573 e. The Morgan fingerprint density at radius 3 is 2.35 bits per heavy atom. The largest absolute Gasteiger partial charge is 0.573 e. The Morgan fingerprint density at radius 2 is 1.90 bits per heavy atom. The van der Waals surface area contributed by atoms with Crippen LogP contribution in [0, 0.1) is 5.41 Å². The highest BCUT2D eigenvalue weighted by Gasteiger charge is 2.35. The second kappa shape index (κ2) is 5.93. The van der Waals surface area contributed by atoms with Crippen molar-refractivity contribution in [3.63, 3.8) is 0 Å². The van der Waals surface area contributed by atoms with Crippen LogP contribution in [0.1, 0.15) is 31.2 Å². The molecule has 1 aromatic carbocycles. The van der Waals surface area contributed by atoms with Crippen LogP contribution in [0.4, 0.5) is 13.2 Å². The van der Waals surface area contributed by atoms with E-state index in [1.54, 1.807) is 19.9 Å². The number of halogens is 5. The van der Waals surface area contributed by atoms with Crippen molar-refractivity contribution in [2.24, 2.45) is 5.41 Å². The Morgan fingerprint density at radius 1 is 1.35 bits per heavy atom. The Bertz CT molecular complexity index is 515.